The molecule has 0 atom stereocenters. The highest BCUT2D eigenvalue weighted by Crippen LogP contribution is 2.09. The Labute approximate surface area is 106 Å². The largest absolute Gasteiger partial charge is 0.478 e. The van der Waals surface area contributed by atoms with E-state index in [1.54, 1.807) is 0 Å². The molecule has 2 heterocycles. The Morgan fingerprint density at radius 1 is 1.50 bits per heavy atom. The van der Waals surface area contributed by atoms with Crippen molar-refractivity contribution in [1.29, 1.82) is 0 Å². The van der Waals surface area contributed by atoms with Crippen LogP contribution in [0.5, 0.6) is 5.88 Å². The number of pyridine rings is 1. The fraction of sp³-hybridized carbons (Fsp3) is 0.500. The predicted molar refractivity (Wildman–Crippen MR) is 66.0 cm³/mol. The summed E-state index contributed by atoms with van der Waals surface area (Å²) in [5.41, 5.74) is 0.196. The van der Waals surface area contributed by atoms with Crippen molar-refractivity contribution >= 4 is 5.97 Å². The zero-order chi connectivity index (χ0) is 12.8. The molecule has 1 aliphatic rings. The van der Waals surface area contributed by atoms with Gasteiger partial charge in [0.1, 0.15) is 6.61 Å². The van der Waals surface area contributed by atoms with Crippen LogP contribution in [0.1, 0.15) is 10.4 Å². The number of hydrogen-bond donors (Lipinski definition) is 2. The molecule has 1 aromatic heterocycles. The van der Waals surface area contributed by atoms with Crippen molar-refractivity contribution in [2.45, 2.75) is 0 Å². The van der Waals surface area contributed by atoms with E-state index in [0.29, 0.717) is 12.5 Å². The van der Waals surface area contributed by atoms with Gasteiger partial charge in [-0.2, -0.15) is 0 Å². The first kappa shape index (κ1) is 12.8. The van der Waals surface area contributed by atoms with Gasteiger partial charge in [-0.25, -0.2) is 9.78 Å². The Morgan fingerprint density at radius 3 is 3.00 bits per heavy atom. The SMILES string of the molecule is O=C(O)c1ccnc(OCCN2CCNCC2)c1. The molecule has 0 aromatic carbocycles. The minimum Gasteiger partial charge on any atom is -0.478 e. The molecule has 1 aromatic rings. The standard InChI is InChI=1S/C12H17N3O3/c16-12(17)10-1-2-14-11(9-10)18-8-7-15-5-3-13-4-6-15/h1-2,9,13H,3-8H2,(H,16,17). The van der Waals surface area contributed by atoms with Crippen molar-refractivity contribution in [1.82, 2.24) is 15.2 Å². The van der Waals surface area contributed by atoms with Gasteiger partial charge in [0.15, 0.2) is 0 Å². The molecular formula is C12H17N3O3. The summed E-state index contributed by atoms with van der Waals surface area (Å²) in [5.74, 6) is -0.602. The minimum atomic E-state index is -0.968. The van der Waals surface area contributed by atoms with Crippen LogP contribution >= 0.6 is 0 Å². The second-order valence-electron chi connectivity index (χ2n) is 4.13. The van der Waals surface area contributed by atoms with E-state index in [0.717, 1.165) is 32.7 Å². The van der Waals surface area contributed by atoms with E-state index in [-0.39, 0.29) is 5.56 Å². The maximum absolute atomic E-state index is 10.8. The van der Waals surface area contributed by atoms with Gasteiger partial charge in [-0.15, -0.1) is 0 Å². The van der Waals surface area contributed by atoms with Crippen LogP contribution in [-0.2, 0) is 0 Å². The van der Waals surface area contributed by atoms with E-state index in [1.165, 1.54) is 18.3 Å². The molecule has 2 rings (SSSR count). The van der Waals surface area contributed by atoms with Crippen LogP contribution in [0.3, 0.4) is 0 Å². The Bertz CT molecular complexity index is 405. The molecule has 98 valence electrons. The van der Waals surface area contributed by atoms with Crippen LogP contribution in [-0.4, -0.2) is 60.3 Å². The van der Waals surface area contributed by atoms with Crippen molar-refractivity contribution in [2.24, 2.45) is 0 Å². The first-order valence-corrected chi connectivity index (χ1v) is 6.01. The minimum absolute atomic E-state index is 0.196. The number of rotatable bonds is 5. The number of hydrogen-bond acceptors (Lipinski definition) is 5. The molecule has 2 N–H and O–H groups in total. The topological polar surface area (TPSA) is 74.7 Å². The first-order chi connectivity index (χ1) is 8.75. The molecule has 1 saturated heterocycles. The van der Waals surface area contributed by atoms with Gasteiger partial charge >= 0.3 is 5.97 Å². The first-order valence-electron chi connectivity index (χ1n) is 6.01. The highest BCUT2D eigenvalue weighted by Gasteiger charge is 2.09. The molecule has 0 saturated carbocycles. The zero-order valence-electron chi connectivity index (χ0n) is 10.1. The van der Waals surface area contributed by atoms with Crippen molar-refractivity contribution in [3.8, 4) is 5.88 Å². The van der Waals surface area contributed by atoms with E-state index >= 15 is 0 Å². The summed E-state index contributed by atoms with van der Waals surface area (Å²) in [5, 5.41) is 12.1. The molecule has 1 fully saturated rings. The lowest BCUT2D eigenvalue weighted by atomic mass is 10.3. The van der Waals surface area contributed by atoms with Crippen molar-refractivity contribution in [3.63, 3.8) is 0 Å². The number of carboxylic acids is 1. The third-order valence-electron chi connectivity index (χ3n) is 2.85. The molecule has 6 nitrogen and oxygen atoms in total. The third-order valence-corrected chi connectivity index (χ3v) is 2.85. The van der Waals surface area contributed by atoms with E-state index < -0.39 is 5.97 Å². The van der Waals surface area contributed by atoms with Gasteiger partial charge < -0.3 is 15.2 Å². The van der Waals surface area contributed by atoms with E-state index in [4.69, 9.17) is 9.84 Å². The molecule has 0 bridgehead atoms. The van der Waals surface area contributed by atoms with Crippen LogP contribution in [0.15, 0.2) is 18.3 Å². The zero-order valence-corrected chi connectivity index (χ0v) is 10.1. The highest BCUT2D eigenvalue weighted by molar-refractivity contribution is 5.87. The van der Waals surface area contributed by atoms with Crippen LogP contribution in [0, 0.1) is 0 Å². The Kier molecular flexibility index (Phi) is 4.49. The Balaban J connectivity index is 1.78. The highest BCUT2D eigenvalue weighted by atomic mass is 16.5. The van der Waals surface area contributed by atoms with Gasteiger partial charge in [0.2, 0.25) is 5.88 Å². The smallest absolute Gasteiger partial charge is 0.335 e. The van der Waals surface area contributed by atoms with Crippen molar-refractivity contribution in [3.05, 3.63) is 23.9 Å². The molecule has 0 radical (unpaired) electrons. The van der Waals surface area contributed by atoms with Crippen molar-refractivity contribution < 1.29 is 14.6 Å². The van der Waals surface area contributed by atoms with Crippen LogP contribution in [0.4, 0.5) is 0 Å². The van der Waals surface area contributed by atoms with Gasteiger partial charge in [-0.1, -0.05) is 0 Å². The quantitative estimate of drug-likeness (QED) is 0.771. The predicted octanol–water partition coefficient (Wildman–Crippen LogP) is 0.0638. The van der Waals surface area contributed by atoms with Gasteiger partial charge in [-0.05, 0) is 6.07 Å². The summed E-state index contributed by atoms with van der Waals surface area (Å²) in [6, 6.07) is 2.89. The molecule has 0 unspecified atom stereocenters. The summed E-state index contributed by atoms with van der Waals surface area (Å²) >= 11 is 0. The summed E-state index contributed by atoms with van der Waals surface area (Å²) in [6.07, 6.45) is 1.45. The van der Waals surface area contributed by atoms with E-state index in [9.17, 15) is 4.79 Å². The fourth-order valence-electron chi connectivity index (χ4n) is 1.84. The van der Waals surface area contributed by atoms with Gasteiger partial charge in [0.05, 0.1) is 5.56 Å². The number of carbonyl (C=O) groups is 1. The van der Waals surface area contributed by atoms with Crippen LogP contribution in [0.25, 0.3) is 0 Å². The van der Waals surface area contributed by atoms with E-state index in [1.807, 2.05) is 0 Å². The maximum atomic E-state index is 10.8. The van der Waals surface area contributed by atoms with Gasteiger partial charge in [0.25, 0.3) is 0 Å². The third kappa shape index (κ3) is 3.68. The summed E-state index contributed by atoms with van der Waals surface area (Å²) in [6.45, 7) is 5.41. The molecule has 18 heavy (non-hydrogen) atoms. The summed E-state index contributed by atoms with van der Waals surface area (Å²) in [4.78, 5) is 17.1. The number of aromatic nitrogens is 1. The number of aromatic carboxylic acids is 1. The number of nitrogens with one attached hydrogen (secondary N) is 1. The average Bonchev–Trinajstić information content (AvgIpc) is 2.40. The number of carboxylic acid groups (broad SMARTS) is 1. The molecule has 1 aliphatic heterocycles. The number of piperazine rings is 1. The molecule has 6 heteroatoms. The monoisotopic (exact) mass is 251 g/mol. The second kappa shape index (κ2) is 6.32. The molecular weight excluding hydrogens is 234 g/mol. The summed E-state index contributed by atoms with van der Waals surface area (Å²) < 4.78 is 5.46. The van der Waals surface area contributed by atoms with E-state index in [2.05, 4.69) is 15.2 Å². The maximum Gasteiger partial charge on any atom is 0.335 e. The lowest BCUT2D eigenvalue weighted by Gasteiger charge is -2.26. The summed E-state index contributed by atoms with van der Waals surface area (Å²) in [7, 11) is 0. The Morgan fingerprint density at radius 2 is 2.28 bits per heavy atom. The fourth-order valence-corrected chi connectivity index (χ4v) is 1.84. The number of ether oxygens (including phenoxy) is 1. The van der Waals surface area contributed by atoms with Crippen LogP contribution < -0.4 is 10.1 Å². The average molecular weight is 251 g/mol. The molecule has 0 amide bonds. The second-order valence-corrected chi connectivity index (χ2v) is 4.13. The molecule has 0 aliphatic carbocycles. The van der Waals surface area contributed by atoms with Crippen molar-refractivity contribution in [2.75, 3.05) is 39.3 Å². The normalized spacial score (nSPS) is 16.4. The Hall–Kier alpha value is -1.66. The lowest BCUT2D eigenvalue weighted by Crippen LogP contribution is -2.44. The molecule has 0 spiro atoms. The van der Waals surface area contributed by atoms with Crippen LogP contribution in [0.2, 0.25) is 0 Å². The van der Waals surface area contributed by atoms with Gasteiger partial charge in [-0.3, -0.25) is 4.90 Å². The lowest BCUT2D eigenvalue weighted by molar-refractivity contribution is 0.0696. The van der Waals surface area contributed by atoms with Gasteiger partial charge in [0, 0.05) is 45.0 Å². The number of nitrogens with zero attached hydrogens (tertiary/aromatic N) is 2.